The molecule has 1 saturated heterocycles. The molecule has 2 aromatic rings. The molecule has 3 N–H and O–H groups in total. The largest absolute Gasteiger partial charge is 0.380 e. The highest BCUT2D eigenvalue weighted by molar-refractivity contribution is 7.90. The maximum Gasteiger partial charge on any atom is 0.269 e. The zero-order chi connectivity index (χ0) is 18.7. The minimum atomic E-state index is -3.84. The average molecular weight is 403 g/mol. The van der Waals surface area contributed by atoms with E-state index >= 15 is 0 Å². The minimum absolute atomic E-state index is 0.0424. The van der Waals surface area contributed by atoms with Gasteiger partial charge in [-0.05, 0) is 31.0 Å². The van der Waals surface area contributed by atoms with E-state index in [1.54, 1.807) is 6.07 Å². The van der Waals surface area contributed by atoms with Crippen molar-refractivity contribution in [3.8, 4) is 11.3 Å². The van der Waals surface area contributed by atoms with E-state index < -0.39 is 32.6 Å². The molecular weight excluding hydrogens is 387 g/mol. The molecule has 0 saturated carbocycles. The quantitative estimate of drug-likeness (QED) is 0.657. The Kier molecular flexibility index (Phi) is 5.56. The van der Waals surface area contributed by atoms with Gasteiger partial charge >= 0.3 is 0 Å². The molecule has 1 amide bonds. The Balaban J connectivity index is 1.77. The zero-order valence-corrected chi connectivity index (χ0v) is 15.0. The molecule has 1 unspecified atom stereocenters. The maximum absolute atomic E-state index is 14.2. The van der Waals surface area contributed by atoms with Crippen LogP contribution in [0.25, 0.3) is 11.3 Å². The van der Waals surface area contributed by atoms with Gasteiger partial charge in [-0.1, -0.05) is 11.6 Å². The van der Waals surface area contributed by atoms with Gasteiger partial charge in [-0.3, -0.25) is 15.3 Å². The Morgan fingerprint density at radius 1 is 1.42 bits per heavy atom. The van der Waals surface area contributed by atoms with Gasteiger partial charge in [0.15, 0.2) is 5.82 Å². The first-order chi connectivity index (χ1) is 12.4. The third-order valence-electron chi connectivity index (χ3n) is 3.95. The number of hydrogen-bond donors (Lipinski definition) is 3. The van der Waals surface area contributed by atoms with Gasteiger partial charge in [0.2, 0.25) is 10.0 Å². The summed E-state index contributed by atoms with van der Waals surface area (Å²) in [6.45, 7) is 0.545. The van der Waals surface area contributed by atoms with Gasteiger partial charge in [-0.2, -0.15) is 5.10 Å². The van der Waals surface area contributed by atoms with Gasteiger partial charge in [0.1, 0.15) is 5.25 Å². The number of carbonyl (C=O) groups is 1. The molecule has 0 radical (unpaired) electrons. The van der Waals surface area contributed by atoms with Crippen LogP contribution in [0.3, 0.4) is 0 Å². The van der Waals surface area contributed by atoms with Crippen LogP contribution < -0.4 is 10.3 Å². The van der Waals surface area contributed by atoms with Crippen molar-refractivity contribution < 1.29 is 22.3 Å². The topological polar surface area (TPSA) is 113 Å². The molecule has 1 fully saturated rings. The first-order valence-electron chi connectivity index (χ1n) is 7.76. The lowest BCUT2D eigenvalue weighted by atomic mass is 10.1. The second-order valence-corrected chi connectivity index (χ2v) is 8.10. The molecule has 1 aromatic heterocycles. The van der Waals surface area contributed by atoms with E-state index in [9.17, 15) is 17.6 Å². The Bertz CT molecular complexity index is 899. The molecule has 1 aromatic carbocycles. The molecule has 1 atom stereocenters. The summed E-state index contributed by atoms with van der Waals surface area (Å²) in [5, 5.41) is 5.41. The van der Waals surface area contributed by atoms with Crippen LogP contribution >= 0.6 is 11.6 Å². The van der Waals surface area contributed by atoms with Crippen molar-refractivity contribution >= 4 is 27.5 Å². The zero-order valence-electron chi connectivity index (χ0n) is 13.5. The lowest BCUT2D eigenvalue weighted by molar-refractivity contribution is 0.0929. The fourth-order valence-electron chi connectivity index (χ4n) is 2.55. The number of hydrogen-bond acceptors (Lipinski definition) is 5. The summed E-state index contributed by atoms with van der Waals surface area (Å²) in [5.74, 6) is -1.92. The molecule has 0 bridgehead atoms. The van der Waals surface area contributed by atoms with Gasteiger partial charge in [-0.25, -0.2) is 12.8 Å². The lowest BCUT2D eigenvalue weighted by Gasteiger charge is -2.22. The molecular formula is C15H16ClFN4O4S. The van der Waals surface area contributed by atoms with Crippen LogP contribution in [0.4, 0.5) is 4.39 Å². The predicted molar refractivity (Wildman–Crippen MR) is 92.4 cm³/mol. The van der Waals surface area contributed by atoms with E-state index in [0.29, 0.717) is 30.7 Å². The monoisotopic (exact) mass is 402 g/mol. The highest BCUT2D eigenvalue weighted by Gasteiger charge is 2.29. The smallest absolute Gasteiger partial charge is 0.269 e. The van der Waals surface area contributed by atoms with Crippen LogP contribution in [-0.2, 0) is 14.8 Å². The minimum Gasteiger partial charge on any atom is -0.380 e. The van der Waals surface area contributed by atoms with Gasteiger partial charge in [0.05, 0.1) is 22.9 Å². The van der Waals surface area contributed by atoms with E-state index in [4.69, 9.17) is 16.3 Å². The number of hydrazine groups is 1. The molecule has 26 heavy (non-hydrogen) atoms. The summed E-state index contributed by atoms with van der Waals surface area (Å²) in [7, 11) is -3.84. The summed E-state index contributed by atoms with van der Waals surface area (Å²) < 4.78 is 43.7. The number of H-pyrrole nitrogens is 1. The Labute approximate surface area is 154 Å². The van der Waals surface area contributed by atoms with Crippen LogP contribution in [0.15, 0.2) is 24.4 Å². The van der Waals surface area contributed by atoms with Crippen LogP contribution in [-0.4, -0.2) is 43.0 Å². The number of sulfonamides is 1. The van der Waals surface area contributed by atoms with E-state index in [2.05, 4.69) is 10.2 Å². The molecule has 1 aliphatic rings. The number of nitrogens with zero attached hydrogens (tertiary/aromatic N) is 1. The second kappa shape index (κ2) is 7.70. The number of halogens is 2. The fraction of sp³-hybridized carbons (Fsp3) is 0.333. The number of nitrogens with one attached hydrogen (secondary N) is 3. The van der Waals surface area contributed by atoms with Crippen molar-refractivity contribution in [2.45, 2.75) is 18.1 Å². The maximum atomic E-state index is 14.2. The van der Waals surface area contributed by atoms with Crippen molar-refractivity contribution in [2.24, 2.45) is 0 Å². The van der Waals surface area contributed by atoms with Gasteiger partial charge in [-0.15, -0.1) is 4.83 Å². The summed E-state index contributed by atoms with van der Waals surface area (Å²) in [6.07, 6.45) is 2.52. The molecule has 3 rings (SSSR count). The van der Waals surface area contributed by atoms with Crippen molar-refractivity contribution in [3.05, 3.63) is 40.8 Å². The number of amides is 1. The first kappa shape index (κ1) is 18.8. The van der Waals surface area contributed by atoms with Crippen LogP contribution in [0.1, 0.15) is 23.2 Å². The number of ether oxygens (including phenoxy) is 1. The van der Waals surface area contributed by atoms with Gasteiger partial charge < -0.3 is 4.74 Å². The molecule has 0 spiro atoms. The van der Waals surface area contributed by atoms with E-state index in [1.165, 1.54) is 18.3 Å². The number of benzene rings is 1. The van der Waals surface area contributed by atoms with E-state index in [0.717, 1.165) is 0 Å². The number of rotatable bonds is 5. The molecule has 1 aliphatic heterocycles. The average Bonchev–Trinajstić information content (AvgIpc) is 3.17. The summed E-state index contributed by atoms with van der Waals surface area (Å²) >= 11 is 5.85. The Morgan fingerprint density at radius 2 is 2.23 bits per heavy atom. The Morgan fingerprint density at radius 3 is 2.88 bits per heavy atom. The van der Waals surface area contributed by atoms with Gasteiger partial charge in [0, 0.05) is 18.4 Å². The normalized spacial score (nSPS) is 17.8. The number of aromatic nitrogens is 2. The van der Waals surface area contributed by atoms with Crippen LogP contribution in [0.5, 0.6) is 0 Å². The van der Waals surface area contributed by atoms with E-state index in [-0.39, 0.29) is 11.6 Å². The molecule has 2 heterocycles. The summed E-state index contributed by atoms with van der Waals surface area (Å²) in [5.41, 5.74) is 2.58. The SMILES string of the molecule is O=C(NNS(=O)(=O)C1CCCOC1)c1cc(-c2ccn[nH]2)cc(Cl)c1F. The molecule has 8 nitrogen and oxygen atoms in total. The number of aromatic amines is 1. The third-order valence-corrected chi connectivity index (χ3v) is 5.86. The molecule has 140 valence electrons. The van der Waals surface area contributed by atoms with Crippen molar-refractivity contribution in [2.75, 3.05) is 13.2 Å². The fourth-order valence-corrected chi connectivity index (χ4v) is 3.92. The third kappa shape index (κ3) is 4.04. The first-order valence-corrected chi connectivity index (χ1v) is 9.68. The highest BCUT2D eigenvalue weighted by Crippen LogP contribution is 2.26. The Hall–Kier alpha value is -2.01. The van der Waals surface area contributed by atoms with Crippen molar-refractivity contribution in [3.63, 3.8) is 0 Å². The highest BCUT2D eigenvalue weighted by atomic mass is 35.5. The number of carbonyl (C=O) groups excluding carboxylic acids is 1. The summed E-state index contributed by atoms with van der Waals surface area (Å²) in [6, 6.07) is 4.21. The van der Waals surface area contributed by atoms with Gasteiger partial charge in [0.25, 0.3) is 5.91 Å². The van der Waals surface area contributed by atoms with Crippen molar-refractivity contribution in [1.29, 1.82) is 0 Å². The van der Waals surface area contributed by atoms with Crippen LogP contribution in [0, 0.1) is 5.82 Å². The standard InChI is InChI=1S/C15H16ClFN4O4S/c16-12-7-9(13-3-4-18-19-13)6-11(14(12)17)15(22)20-21-26(23,24)10-2-1-5-25-8-10/h3-4,6-7,10,21H,1-2,5,8H2,(H,18,19)(H,20,22). The molecule has 0 aliphatic carbocycles. The molecule has 11 heteroatoms. The predicted octanol–water partition coefficient (Wildman–Crippen LogP) is 1.61. The second-order valence-electron chi connectivity index (χ2n) is 5.73. The van der Waals surface area contributed by atoms with Crippen molar-refractivity contribution in [1.82, 2.24) is 20.5 Å². The van der Waals surface area contributed by atoms with E-state index in [1.807, 2.05) is 10.3 Å². The summed E-state index contributed by atoms with van der Waals surface area (Å²) in [4.78, 5) is 14.3. The lowest BCUT2D eigenvalue weighted by Crippen LogP contribution is -2.48. The van der Waals surface area contributed by atoms with Crippen LogP contribution in [0.2, 0.25) is 5.02 Å².